The molecular weight excluding hydrogens is 312 g/mol. The predicted molar refractivity (Wildman–Crippen MR) is 96.0 cm³/mol. The van der Waals surface area contributed by atoms with E-state index in [0.29, 0.717) is 13.0 Å². The number of rotatable bonds is 5. The van der Waals surface area contributed by atoms with Gasteiger partial charge in [-0.2, -0.15) is 0 Å². The normalized spacial score (nSPS) is 10.4. The van der Waals surface area contributed by atoms with Crippen LogP contribution in [0, 0.1) is 6.92 Å². The van der Waals surface area contributed by atoms with Crippen molar-refractivity contribution in [1.29, 1.82) is 0 Å². The van der Waals surface area contributed by atoms with Crippen molar-refractivity contribution in [1.82, 2.24) is 5.32 Å². The van der Waals surface area contributed by atoms with Crippen LogP contribution in [0.1, 0.15) is 16.7 Å². The number of aryl methyl sites for hydroxylation is 1. The average molecular weight is 333 g/mol. The Bertz CT molecular complexity index is 856. The van der Waals surface area contributed by atoms with Crippen molar-refractivity contribution in [2.24, 2.45) is 0 Å². The van der Waals surface area contributed by atoms with Gasteiger partial charge in [-0.3, -0.25) is 10.0 Å². The molecule has 0 aliphatic carbocycles. The summed E-state index contributed by atoms with van der Waals surface area (Å²) in [7, 11) is 0. The minimum Gasteiger partial charge on any atom is -0.352 e. The van der Waals surface area contributed by atoms with Crippen molar-refractivity contribution in [2.45, 2.75) is 19.9 Å². The Hall–Kier alpha value is -3.14. The standard InChI is InChI=1S/C21H20N2O2/c1-16-3-2-4-18(13-16)15-22-21(24)14-17-5-7-19(8-6-17)20-9-11-23(25)12-10-20/h2-13H,14-15H2,1H3,(H-,22,24,25)/p+1. The summed E-state index contributed by atoms with van der Waals surface area (Å²) in [6.45, 7) is 2.59. The molecule has 0 saturated carbocycles. The lowest BCUT2D eigenvalue weighted by Crippen LogP contribution is -2.27. The third-order valence-corrected chi connectivity index (χ3v) is 4.04. The molecule has 3 aromatic rings. The van der Waals surface area contributed by atoms with E-state index in [4.69, 9.17) is 0 Å². The number of pyridine rings is 1. The number of amides is 1. The zero-order valence-electron chi connectivity index (χ0n) is 14.1. The van der Waals surface area contributed by atoms with Crippen LogP contribution in [-0.2, 0) is 17.8 Å². The molecule has 0 fully saturated rings. The van der Waals surface area contributed by atoms with E-state index < -0.39 is 0 Å². The molecule has 1 amide bonds. The van der Waals surface area contributed by atoms with Gasteiger partial charge in [0.2, 0.25) is 18.3 Å². The number of carbonyl (C=O) groups is 1. The molecule has 2 N–H and O–H groups in total. The summed E-state index contributed by atoms with van der Waals surface area (Å²) in [5, 5.41) is 12.2. The first kappa shape index (κ1) is 16.7. The Balaban J connectivity index is 1.57. The lowest BCUT2D eigenvalue weighted by molar-refractivity contribution is -0.904. The summed E-state index contributed by atoms with van der Waals surface area (Å²) < 4.78 is 1.01. The van der Waals surface area contributed by atoms with Crippen molar-refractivity contribution in [2.75, 3.05) is 0 Å². The fourth-order valence-corrected chi connectivity index (χ4v) is 2.70. The van der Waals surface area contributed by atoms with Gasteiger partial charge in [0.25, 0.3) is 0 Å². The third kappa shape index (κ3) is 4.67. The number of hydrogen-bond acceptors (Lipinski definition) is 2. The minimum absolute atomic E-state index is 0.00953. The van der Waals surface area contributed by atoms with Crippen molar-refractivity contribution in [3.8, 4) is 11.1 Å². The van der Waals surface area contributed by atoms with E-state index in [9.17, 15) is 10.0 Å². The Kier molecular flexibility index (Phi) is 5.09. The van der Waals surface area contributed by atoms with Gasteiger partial charge in [-0.15, -0.1) is 0 Å². The second-order valence-electron chi connectivity index (χ2n) is 6.11. The summed E-state index contributed by atoms with van der Waals surface area (Å²) in [4.78, 5) is 12.1. The number of benzene rings is 2. The van der Waals surface area contributed by atoms with Crippen molar-refractivity contribution < 1.29 is 14.7 Å². The van der Waals surface area contributed by atoms with E-state index in [0.717, 1.165) is 27.0 Å². The smallest absolute Gasteiger partial charge is 0.224 e. The van der Waals surface area contributed by atoms with Crippen LogP contribution in [0.15, 0.2) is 73.1 Å². The van der Waals surface area contributed by atoms with Crippen molar-refractivity contribution in [3.63, 3.8) is 0 Å². The fraction of sp³-hybridized carbons (Fsp3) is 0.143. The van der Waals surface area contributed by atoms with Gasteiger partial charge in [-0.1, -0.05) is 54.1 Å². The average Bonchev–Trinajstić information content (AvgIpc) is 2.62. The van der Waals surface area contributed by atoms with Gasteiger partial charge in [-0.25, -0.2) is 0 Å². The molecular formula is C21H21N2O2+. The first-order valence-corrected chi connectivity index (χ1v) is 8.22. The topological polar surface area (TPSA) is 53.2 Å². The first-order chi connectivity index (χ1) is 12.1. The summed E-state index contributed by atoms with van der Waals surface area (Å²) in [5.74, 6) is 0.00953. The van der Waals surface area contributed by atoms with E-state index in [1.807, 2.05) is 61.5 Å². The molecule has 0 aliphatic heterocycles. The molecule has 0 spiro atoms. The van der Waals surface area contributed by atoms with E-state index in [-0.39, 0.29) is 5.91 Å². The van der Waals surface area contributed by atoms with Crippen molar-refractivity contribution >= 4 is 5.91 Å². The molecule has 0 saturated heterocycles. The van der Waals surface area contributed by atoms with Crippen LogP contribution in [-0.4, -0.2) is 11.1 Å². The largest absolute Gasteiger partial charge is 0.352 e. The van der Waals surface area contributed by atoms with E-state index in [2.05, 4.69) is 11.4 Å². The fourth-order valence-electron chi connectivity index (χ4n) is 2.70. The van der Waals surface area contributed by atoms with Crippen LogP contribution in [0.3, 0.4) is 0 Å². The number of carbonyl (C=O) groups excluding carboxylic acids is 1. The molecule has 1 heterocycles. The molecule has 0 aliphatic rings. The first-order valence-electron chi connectivity index (χ1n) is 8.22. The third-order valence-electron chi connectivity index (χ3n) is 4.04. The highest BCUT2D eigenvalue weighted by molar-refractivity contribution is 5.78. The molecule has 4 heteroatoms. The van der Waals surface area contributed by atoms with Crippen LogP contribution in [0.25, 0.3) is 11.1 Å². The number of hydrogen-bond donors (Lipinski definition) is 2. The molecule has 0 unspecified atom stereocenters. The molecule has 25 heavy (non-hydrogen) atoms. The summed E-state index contributed by atoms with van der Waals surface area (Å²) >= 11 is 0. The maximum atomic E-state index is 12.1. The number of nitrogens with one attached hydrogen (secondary N) is 1. The lowest BCUT2D eigenvalue weighted by Gasteiger charge is -2.07. The SMILES string of the molecule is Cc1cccc(CNC(=O)Cc2ccc(-c3cc[n+](O)cc3)cc2)c1. The van der Waals surface area contributed by atoms with Gasteiger partial charge in [-0.05, 0) is 29.2 Å². The Labute approximate surface area is 147 Å². The van der Waals surface area contributed by atoms with Crippen LogP contribution in [0.2, 0.25) is 0 Å². The van der Waals surface area contributed by atoms with Crippen LogP contribution >= 0.6 is 0 Å². The second-order valence-corrected chi connectivity index (χ2v) is 6.11. The lowest BCUT2D eigenvalue weighted by atomic mass is 10.0. The van der Waals surface area contributed by atoms with Gasteiger partial charge >= 0.3 is 0 Å². The molecule has 1 aromatic heterocycles. The highest BCUT2D eigenvalue weighted by Gasteiger charge is 2.05. The monoisotopic (exact) mass is 333 g/mol. The van der Waals surface area contributed by atoms with Gasteiger partial charge in [0.15, 0.2) is 0 Å². The molecule has 2 aromatic carbocycles. The maximum absolute atomic E-state index is 12.1. The maximum Gasteiger partial charge on any atom is 0.224 e. The van der Waals surface area contributed by atoms with E-state index in [1.165, 1.54) is 5.56 Å². The van der Waals surface area contributed by atoms with Gasteiger partial charge in [0.05, 0.1) is 6.42 Å². The van der Waals surface area contributed by atoms with E-state index in [1.54, 1.807) is 12.4 Å². The van der Waals surface area contributed by atoms with Crippen LogP contribution in [0.4, 0.5) is 0 Å². The van der Waals surface area contributed by atoms with Crippen molar-refractivity contribution in [3.05, 3.63) is 89.7 Å². The van der Waals surface area contributed by atoms with Crippen LogP contribution in [0.5, 0.6) is 0 Å². The Morgan fingerprint density at radius 2 is 1.64 bits per heavy atom. The Morgan fingerprint density at radius 3 is 2.32 bits per heavy atom. The zero-order valence-corrected chi connectivity index (χ0v) is 14.1. The predicted octanol–water partition coefficient (Wildman–Crippen LogP) is 3.05. The second kappa shape index (κ2) is 7.62. The number of aromatic nitrogens is 1. The van der Waals surface area contributed by atoms with Crippen LogP contribution < -0.4 is 10.0 Å². The minimum atomic E-state index is 0.00953. The van der Waals surface area contributed by atoms with Gasteiger partial charge in [0, 0.05) is 23.4 Å². The van der Waals surface area contributed by atoms with Gasteiger partial charge in [0.1, 0.15) is 0 Å². The quantitative estimate of drug-likeness (QED) is 0.557. The number of nitrogens with zero attached hydrogens (tertiary/aromatic N) is 1. The highest BCUT2D eigenvalue weighted by Crippen LogP contribution is 2.18. The summed E-state index contributed by atoms with van der Waals surface area (Å²) in [6, 6.07) is 19.7. The van der Waals surface area contributed by atoms with E-state index >= 15 is 0 Å². The molecule has 126 valence electrons. The molecule has 4 nitrogen and oxygen atoms in total. The highest BCUT2D eigenvalue weighted by atomic mass is 16.5. The summed E-state index contributed by atoms with van der Waals surface area (Å²) in [6.07, 6.45) is 3.53. The molecule has 0 atom stereocenters. The zero-order chi connectivity index (χ0) is 17.6. The summed E-state index contributed by atoms with van der Waals surface area (Å²) in [5.41, 5.74) is 5.33. The Morgan fingerprint density at radius 1 is 0.960 bits per heavy atom. The molecule has 0 bridgehead atoms. The van der Waals surface area contributed by atoms with Gasteiger partial charge < -0.3 is 5.32 Å². The molecule has 3 rings (SSSR count). The molecule has 0 radical (unpaired) electrons.